The molecule has 0 spiro atoms. The zero-order valence-corrected chi connectivity index (χ0v) is 14.9. The summed E-state index contributed by atoms with van der Waals surface area (Å²) in [6, 6.07) is 17.8. The van der Waals surface area contributed by atoms with Gasteiger partial charge in [-0.15, -0.1) is 24.8 Å². The van der Waals surface area contributed by atoms with Crippen molar-refractivity contribution in [1.82, 2.24) is 4.90 Å². The normalized spacial score (nSPS) is 15.8. The molecule has 0 amide bonds. The lowest BCUT2D eigenvalue weighted by molar-refractivity contribution is 0.0843. The van der Waals surface area contributed by atoms with E-state index in [-0.39, 0.29) is 24.8 Å². The van der Waals surface area contributed by atoms with Crippen molar-refractivity contribution >= 4 is 30.5 Å². The third-order valence-corrected chi connectivity index (χ3v) is 3.53. The van der Waals surface area contributed by atoms with Crippen LogP contribution < -0.4 is 10.5 Å². The van der Waals surface area contributed by atoms with E-state index in [1.54, 1.807) is 6.26 Å². The van der Waals surface area contributed by atoms with Crippen LogP contribution in [0.3, 0.4) is 0 Å². The highest BCUT2D eigenvalue weighted by atomic mass is 35.5. The monoisotopic (exact) mass is 368 g/mol. The minimum atomic E-state index is 0. The van der Waals surface area contributed by atoms with Crippen LogP contribution in [-0.2, 0) is 11.3 Å². The van der Waals surface area contributed by atoms with Gasteiger partial charge in [0.15, 0.2) is 0 Å². The summed E-state index contributed by atoms with van der Waals surface area (Å²) in [5.41, 5.74) is 7.69. The molecule has 24 heavy (non-hydrogen) atoms. The quantitative estimate of drug-likeness (QED) is 0.657. The van der Waals surface area contributed by atoms with Gasteiger partial charge in [0, 0.05) is 18.8 Å². The summed E-state index contributed by atoms with van der Waals surface area (Å²) in [6.07, 6.45) is 1.68. The van der Waals surface area contributed by atoms with Gasteiger partial charge in [0.25, 0.3) is 0 Å². The Balaban J connectivity index is 0.00000144. The third-order valence-electron chi connectivity index (χ3n) is 3.53. The van der Waals surface area contributed by atoms with E-state index in [9.17, 15) is 0 Å². The molecule has 0 radical (unpaired) electrons. The number of morpholine rings is 1. The van der Waals surface area contributed by atoms with Gasteiger partial charge >= 0.3 is 0 Å². The SMILES string of the molecule is Cl.Cl.Nc1ccc(OC=C2CN(Cc3ccccc3)CCO2)cc1. The van der Waals surface area contributed by atoms with Crippen molar-refractivity contribution in [2.45, 2.75) is 6.54 Å². The molecule has 0 aromatic heterocycles. The van der Waals surface area contributed by atoms with Crippen molar-refractivity contribution in [3.63, 3.8) is 0 Å². The fraction of sp³-hybridized carbons (Fsp3) is 0.222. The van der Waals surface area contributed by atoms with E-state index in [0.29, 0.717) is 6.61 Å². The molecular formula is C18H22Cl2N2O2. The second kappa shape index (κ2) is 10.1. The first-order chi connectivity index (χ1) is 10.8. The summed E-state index contributed by atoms with van der Waals surface area (Å²) in [7, 11) is 0. The van der Waals surface area contributed by atoms with Crippen LogP contribution in [0.15, 0.2) is 66.6 Å². The van der Waals surface area contributed by atoms with Crippen molar-refractivity contribution in [1.29, 1.82) is 0 Å². The zero-order valence-electron chi connectivity index (χ0n) is 13.3. The van der Waals surface area contributed by atoms with Crippen LogP contribution in [0.5, 0.6) is 5.75 Å². The lowest BCUT2D eigenvalue weighted by Gasteiger charge is -2.28. The van der Waals surface area contributed by atoms with E-state index in [2.05, 4.69) is 29.2 Å². The summed E-state index contributed by atoms with van der Waals surface area (Å²) < 4.78 is 11.3. The minimum Gasteiger partial charge on any atom is -0.492 e. The highest BCUT2D eigenvalue weighted by Crippen LogP contribution is 2.16. The standard InChI is InChI=1S/C18H20N2O2.2ClH/c19-16-6-8-17(9-7-16)22-14-18-13-20(10-11-21-18)12-15-4-2-1-3-5-15;;/h1-9,14H,10-13,19H2;2*1H. The molecule has 0 aliphatic carbocycles. The van der Waals surface area contributed by atoms with Gasteiger partial charge in [-0.3, -0.25) is 4.90 Å². The number of benzene rings is 2. The molecular weight excluding hydrogens is 347 g/mol. The molecule has 1 aliphatic rings. The summed E-state index contributed by atoms with van der Waals surface area (Å²) in [5, 5.41) is 0. The molecule has 4 nitrogen and oxygen atoms in total. The number of nitrogens with zero attached hydrogens (tertiary/aromatic N) is 1. The Morgan fingerprint density at radius 3 is 2.46 bits per heavy atom. The first-order valence-electron chi connectivity index (χ1n) is 7.40. The Morgan fingerprint density at radius 1 is 1.04 bits per heavy atom. The van der Waals surface area contributed by atoms with Gasteiger partial charge in [0.2, 0.25) is 0 Å². The molecule has 6 heteroatoms. The van der Waals surface area contributed by atoms with E-state index in [4.69, 9.17) is 15.2 Å². The van der Waals surface area contributed by atoms with Crippen LogP contribution in [0.2, 0.25) is 0 Å². The fourth-order valence-electron chi connectivity index (χ4n) is 2.38. The lowest BCUT2D eigenvalue weighted by Crippen LogP contribution is -2.34. The number of nitrogens with two attached hydrogens (primary N) is 1. The summed E-state index contributed by atoms with van der Waals surface area (Å²) in [4.78, 5) is 2.34. The first-order valence-corrected chi connectivity index (χ1v) is 7.40. The molecule has 2 aromatic carbocycles. The van der Waals surface area contributed by atoms with Crippen molar-refractivity contribution < 1.29 is 9.47 Å². The van der Waals surface area contributed by atoms with Gasteiger partial charge in [-0.2, -0.15) is 0 Å². The van der Waals surface area contributed by atoms with Crippen molar-refractivity contribution in [2.24, 2.45) is 0 Å². The Bertz CT molecular complexity index is 633. The molecule has 0 saturated carbocycles. The number of anilines is 1. The van der Waals surface area contributed by atoms with Gasteiger partial charge in [-0.25, -0.2) is 0 Å². The number of rotatable bonds is 4. The number of ether oxygens (including phenoxy) is 2. The van der Waals surface area contributed by atoms with E-state index in [0.717, 1.165) is 36.8 Å². The van der Waals surface area contributed by atoms with E-state index in [1.807, 2.05) is 30.3 Å². The summed E-state index contributed by atoms with van der Waals surface area (Å²) in [6.45, 7) is 3.28. The number of halogens is 2. The smallest absolute Gasteiger partial charge is 0.145 e. The van der Waals surface area contributed by atoms with Crippen molar-refractivity contribution in [2.75, 3.05) is 25.4 Å². The van der Waals surface area contributed by atoms with Gasteiger partial charge in [-0.1, -0.05) is 30.3 Å². The van der Waals surface area contributed by atoms with Gasteiger partial charge < -0.3 is 15.2 Å². The van der Waals surface area contributed by atoms with E-state index >= 15 is 0 Å². The molecule has 0 bridgehead atoms. The van der Waals surface area contributed by atoms with Gasteiger partial charge in [-0.05, 0) is 29.8 Å². The Hall–Kier alpha value is -1.88. The molecule has 3 rings (SSSR count). The highest BCUT2D eigenvalue weighted by molar-refractivity contribution is 5.85. The number of hydrogen-bond donors (Lipinski definition) is 1. The van der Waals surface area contributed by atoms with Crippen LogP contribution in [0, 0.1) is 0 Å². The molecule has 2 aromatic rings. The predicted molar refractivity (Wildman–Crippen MR) is 102 cm³/mol. The molecule has 0 unspecified atom stereocenters. The second-order valence-electron chi connectivity index (χ2n) is 5.32. The third kappa shape index (κ3) is 5.96. The number of nitrogen functional groups attached to an aromatic ring is 1. The molecule has 1 heterocycles. The molecule has 2 N–H and O–H groups in total. The van der Waals surface area contributed by atoms with Crippen LogP contribution >= 0.6 is 24.8 Å². The zero-order chi connectivity index (χ0) is 15.2. The van der Waals surface area contributed by atoms with E-state index in [1.165, 1.54) is 5.56 Å². The molecule has 1 fully saturated rings. The maximum Gasteiger partial charge on any atom is 0.145 e. The largest absolute Gasteiger partial charge is 0.492 e. The van der Waals surface area contributed by atoms with Crippen LogP contribution in [0.25, 0.3) is 0 Å². The van der Waals surface area contributed by atoms with Crippen LogP contribution in [-0.4, -0.2) is 24.6 Å². The van der Waals surface area contributed by atoms with Gasteiger partial charge in [0.1, 0.15) is 24.4 Å². The van der Waals surface area contributed by atoms with Crippen LogP contribution in [0.1, 0.15) is 5.56 Å². The summed E-state index contributed by atoms with van der Waals surface area (Å²) in [5.74, 6) is 1.60. The fourth-order valence-corrected chi connectivity index (χ4v) is 2.38. The maximum atomic E-state index is 5.66. The Morgan fingerprint density at radius 2 is 1.75 bits per heavy atom. The molecule has 1 saturated heterocycles. The van der Waals surface area contributed by atoms with Crippen molar-refractivity contribution in [3.8, 4) is 5.75 Å². The first kappa shape index (κ1) is 20.2. The van der Waals surface area contributed by atoms with Gasteiger partial charge in [0.05, 0.1) is 6.54 Å². The Labute approximate surface area is 155 Å². The predicted octanol–water partition coefficient (Wildman–Crippen LogP) is 3.87. The second-order valence-corrected chi connectivity index (χ2v) is 5.32. The average Bonchev–Trinajstić information content (AvgIpc) is 2.56. The minimum absolute atomic E-state index is 0. The van der Waals surface area contributed by atoms with Crippen molar-refractivity contribution in [3.05, 3.63) is 72.2 Å². The summed E-state index contributed by atoms with van der Waals surface area (Å²) >= 11 is 0. The number of hydrogen-bond acceptors (Lipinski definition) is 4. The Kier molecular flexibility index (Phi) is 8.47. The van der Waals surface area contributed by atoms with Crippen LogP contribution in [0.4, 0.5) is 5.69 Å². The average molecular weight is 369 g/mol. The maximum absolute atomic E-state index is 5.66. The highest BCUT2D eigenvalue weighted by Gasteiger charge is 2.15. The topological polar surface area (TPSA) is 47.7 Å². The van der Waals surface area contributed by atoms with E-state index < -0.39 is 0 Å². The molecule has 1 aliphatic heterocycles. The molecule has 0 atom stereocenters. The lowest BCUT2D eigenvalue weighted by atomic mass is 10.2. The molecule has 130 valence electrons.